The first-order valence-corrected chi connectivity index (χ1v) is 9.33. The van der Waals surface area contributed by atoms with Crippen molar-refractivity contribution < 1.29 is 18.0 Å². The van der Waals surface area contributed by atoms with Gasteiger partial charge >= 0.3 is 0 Å². The van der Waals surface area contributed by atoms with Gasteiger partial charge < -0.3 is 9.32 Å². The van der Waals surface area contributed by atoms with Crippen LogP contribution in [0.1, 0.15) is 30.7 Å². The molecule has 0 N–H and O–H groups in total. The fourth-order valence-electron chi connectivity index (χ4n) is 3.16. The third-order valence-electron chi connectivity index (χ3n) is 4.82. The number of halogens is 2. The van der Waals surface area contributed by atoms with Gasteiger partial charge in [-0.05, 0) is 42.7 Å². The molecule has 2 aromatic carbocycles. The fourth-order valence-corrected chi connectivity index (χ4v) is 3.16. The van der Waals surface area contributed by atoms with Gasteiger partial charge in [0.05, 0.1) is 11.8 Å². The van der Waals surface area contributed by atoms with Crippen molar-refractivity contribution in [2.24, 2.45) is 0 Å². The van der Waals surface area contributed by atoms with Crippen LogP contribution in [0.2, 0.25) is 0 Å². The molecule has 1 heterocycles. The van der Waals surface area contributed by atoms with Crippen LogP contribution in [0.25, 0.3) is 11.3 Å². The molecule has 0 radical (unpaired) electrons. The van der Waals surface area contributed by atoms with Gasteiger partial charge in [0.25, 0.3) is 0 Å². The van der Waals surface area contributed by atoms with Crippen molar-refractivity contribution in [3.05, 3.63) is 77.8 Å². The zero-order valence-electron chi connectivity index (χ0n) is 15.3. The van der Waals surface area contributed by atoms with Gasteiger partial charge in [-0.25, -0.2) is 13.8 Å². The Kier molecular flexibility index (Phi) is 5.19. The molecule has 4 nitrogen and oxygen atoms in total. The van der Waals surface area contributed by atoms with Crippen LogP contribution in [0.5, 0.6) is 0 Å². The van der Waals surface area contributed by atoms with Crippen LogP contribution >= 0.6 is 0 Å². The highest BCUT2D eigenvalue weighted by molar-refractivity contribution is 5.77. The number of benzene rings is 2. The van der Waals surface area contributed by atoms with Crippen LogP contribution in [0, 0.1) is 11.6 Å². The molecule has 1 aliphatic rings. The molecule has 0 saturated heterocycles. The first-order valence-electron chi connectivity index (χ1n) is 9.33. The van der Waals surface area contributed by atoms with Gasteiger partial charge in [0, 0.05) is 25.4 Å². The highest BCUT2D eigenvalue weighted by Gasteiger charge is 2.32. The summed E-state index contributed by atoms with van der Waals surface area (Å²) in [6.07, 6.45) is 4.07. The van der Waals surface area contributed by atoms with Crippen LogP contribution < -0.4 is 0 Å². The summed E-state index contributed by atoms with van der Waals surface area (Å²) in [5, 5.41) is 0. The number of rotatable bonds is 7. The van der Waals surface area contributed by atoms with Crippen LogP contribution in [-0.2, 0) is 17.8 Å². The maximum absolute atomic E-state index is 13.9. The van der Waals surface area contributed by atoms with Gasteiger partial charge in [0.1, 0.15) is 11.6 Å². The van der Waals surface area contributed by atoms with Gasteiger partial charge in [0.15, 0.2) is 11.7 Å². The first-order chi connectivity index (χ1) is 13.6. The van der Waals surface area contributed by atoms with E-state index in [9.17, 15) is 13.6 Å². The molecule has 28 heavy (non-hydrogen) atoms. The van der Waals surface area contributed by atoms with E-state index in [2.05, 4.69) is 4.98 Å². The van der Waals surface area contributed by atoms with E-state index < -0.39 is 0 Å². The lowest BCUT2D eigenvalue weighted by Crippen LogP contribution is -2.32. The maximum atomic E-state index is 13.9. The van der Waals surface area contributed by atoms with E-state index in [0.29, 0.717) is 30.2 Å². The summed E-state index contributed by atoms with van der Waals surface area (Å²) in [6, 6.07) is 12.8. The topological polar surface area (TPSA) is 46.3 Å². The zero-order valence-corrected chi connectivity index (χ0v) is 15.3. The van der Waals surface area contributed by atoms with Crippen LogP contribution in [0.15, 0.2) is 59.1 Å². The predicted octanol–water partition coefficient (Wildman–Crippen LogP) is 4.74. The van der Waals surface area contributed by atoms with Crippen molar-refractivity contribution in [1.29, 1.82) is 0 Å². The number of aromatic nitrogens is 1. The molecular formula is C22H20F2N2O2. The molecule has 1 aliphatic carbocycles. The van der Waals surface area contributed by atoms with Crippen molar-refractivity contribution in [2.75, 3.05) is 0 Å². The Bertz CT molecular complexity index is 965. The van der Waals surface area contributed by atoms with E-state index in [1.807, 2.05) is 4.90 Å². The fraction of sp³-hybridized carbons (Fsp3) is 0.273. The lowest BCUT2D eigenvalue weighted by molar-refractivity contribution is -0.132. The molecule has 1 saturated carbocycles. The maximum Gasteiger partial charge on any atom is 0.223 e. The molecule has 1 fully saturated rings. The Morgan fingerprint density at radius 3 is 2.57 bits per heavy atom. The zero-order chi connectivity index (χ0) is 19.5. The number of hydrogen-bond acceptors (Lipinski definition) is 3. The van der Waals surface area contributed by atoms with E-state index >= 15 is 0 Å². The average molecular weight is 382 g/mol. The molecule has 0 unspecified atom stereocenters. The Morgan fingerprint density at radius 1 is 1.11 bits per heavy atom. The van der Waals surface area contributed by atoms with Gasteiger partial charge in [-0.15, -0.1) is 0 Å². The van der Waals surface area contributed by atoms with Gasteiger partial charge in [-0.3, -0.25) is 4.79 Å². The van der Waals surface area contributed by atoms with Gasteiger partial charge in [-0.2, -0.15) is 0 Å². The number of aryl methyl sites for hydroxylation is 1. The minimum Gasteiger partial charge on any atom is -0.441 e. The Morgan fingerprint density at radius 2 is 1.86 bits per heavy atom. The molecule has 0 spiro atoms. The Balaban J connectivity index is 1.39. The third-order valence-corrected chi connectivity index (χ3v) is 4.82. The summed E-state index contributed by atoms with van der Waals surface area (Å²) in [5.41, 5.74) is 1.25. The number of amides is 1. The number of carbonyl (C=O) groups excluding carboxylic acids is 1. The van der Waals surface area contributed by atoms with Crippen LogP contribution in [0.4, 0.5) is 8.78 Å². The highest BCUT2D eigenvalue weighted by Crippen LogP contribution is 2.29. The lowest BCUT2D eigenvalue weighted by atomic mass is 10.2. The number of nitrogens with zero attached hydrogens (tertiary/aromatic N) is 2. The minimum atomic E-state index is -0.375. The molecule has 0 bridgehead atoms. The number of oxazole rings is 1. The second kappa shape index (κ2) is 7.92. The predicted molar refractivity (Wildman–Crippen MR) is 100 cm³/mol. The second-order valence-corrected chi connectivity index (χ2v) is 6.98. The SMILES string of the molecule is O=C(CCc1ncc(-c2ccccc2F)o1)N(Cc1ccc(F)cc1)C1CC1. The summed E-state index contributed by atoms with van der Waals surface area (Å²) in [5.74, 6) is 0.107. The lowest BCUT2D eigenvalue weighted by Gasteiger charge is -2.22. The van der Waals surface area contributed by atoms with Crippen LogP contribution in [-0.4, -0.2) is 21.8 Å². The van der Waals surface area contributed by atoms with Crippen molar-refractivity contribution in [2.45, 2.75) is 38.3 Å². The third kappa shape index (κ3) is 4.27. The van der Waals surface area contributed by atoms with Crippen molar-refractivity contribution >= 4 is 5.91 Å². The average Bonchev–Trinajstić information content (AvgIpc) is 3.43. The van der Waals surface area contributed by atoms with E-state index in [-0.39, 0.29) is 30.0 Å². The summed E-state index contributed by atoms with van der Waals surface area (Å²) in [6.45, 7) is 0.468. The quantitative estimate of drug-likeness (QED) is 0.593. The van der Waals surface area contributed by atoms with Crippen LogP contribution in [0.3, 0.4) is 0 Å². The van der Waals surface area contributed by atoms with Gasteiger partial charge in [-0.1, -0.05) is 24.3 Å². The van der Waals surface area contributed by atoms with E-state index in [4.69, 9.17) is 4.42 Å². The molecule has 1 amide bonds. The molecule has 4 rings (SSSR count). The Hall–Kier alpha value is -3.02. The largest absolute Gasteiger partial charge is 0.441 e. The molecule has 6 heteroatoms. The van der Waals surface area contributed by atoms with E-state index in [1.165, 1.54) is 24.4 Å². The van der Waals surface area contributed by atoms with Crippen molar-refractivity contribution in [3.8, 4) is 11.3 Å². The number of carbonyl (C=O) groups is 1. The van der Waals surface area contributed by atoms with Crippen molar-refractivity contribution in [1.82, 2.24) is 9.88 Å². The molecule has 3 aromatic rings. The summed E-state index contributed by atoms with van der Waals surface area (Å²) >= 11 is 0. The summed E-state index contributed by atoms with van der Waals surface area (Å²) in [4.78, 5) is 18.7. The molecule has 0 aliphatic heterocycles. The summed E-state index contributed by atoms with van der Waals surface area (Å²) < 4.78 is 32.6. The second-order valence-electron chi connectivity index (χ2n) is 6.98. The smallest absolute Gasteiger partial charge is 0.223 e. The number of hydrogen-bond donors (Lipinski definition) is 0. The van der Waals surface area contributed by atoms with Crippen molar-refractivity contribution in [3.63, 3.8) is 0 Å². The standard InChI is InChI=1S/C22H20F2N2O2/c23-16-7-5-15(6-8-16)14-26(17-9-10-17)22(27)12-11-21-25-13-20(28-21)18-3-1-2-4-19(18)24/h1-8,13,17H,9-12,14H2. The summed E-state index contributed by atoms with van der Waals surface area (Å²) in [7, 11) is 0. The normalized spacial score (nSPS) is 13.5. The first kappa shape index (κ1) is 18.3. The molecule has 144 valence electrons. The van der Waals surface area contributed by atoms with Gasteiger partial charge in [0.2, 0.25) is 5.91 Å². The van der Waals surface area contributed by atoms with E-state index in [0.717, 1.165) is 18.4 Å². The molecular weight excluding hydrogens is 362 g/mol. The highest BCUT2D eigenvalue weighted by atomic mass is 19.1. The monoisotopic (exact) mass is 382 g/mol. The Labute approximate surface area is 161 Å². The molecule has 1 aromatic heterocycles. The molecule has 0 atom stereocenters. The van der Waals surface area contributed by atoms with E-state index in [1.54, 1.807) is 30.3 Å². The minimum absolute atomic E-state index is 0.0115.